The molecular formula is C18H17FN2O3. The largest absolute Gasteiger partial charge is 0.484 e. The van der Waals surface area contributed by atoms with Crippen LogP contribution < -0.4 is 15.8 Å². The number of hydrogen-bond donors (Lipinski definition) is 2. The van der Waals surface area contributed by atoms with Gasteiger partial charge in [0, 0.05) is 5.56 Å². The van der Waals surface area contributed by atoms with Crippen LogP contribution in [0.1, 0.15) is 33.9 Å². The standard InChI is InChI=1S/C18H17FN2O3/c19-15-3-1-2-14-13(15)8-9-16(14)21-17(22)10-24-12-6-4-11(5-7-12)18(20)23/h1-7,16H,8-10H2,(H2,20,23)(H,21,22)/t16-/m0/s1. The van der Waals surface area contributed by atoms with Gasteiger partial charge in [-0.15, -0.1) is 0 Å². The maximum atomic E-state index is 13.7. The molecule has 124 valence electrons. The van der Waals surface area contributed by atoms with Gasteiger partial charge in [-0.3, -0.25) is 9.59 Å². The lowest BCUT2D eigenvalue weighted by Gasteiger charge is -2.14. The molecule has 1 aliphatic rings. The molecule has 0 bridgehead atoms. The van der Waals surface area contributed by atoms with E-state index >= 15 is 0 Å². The van der Waals surface area contributed by atoms with Gasteiger partial charge in [0.05, 0.1) is 6.04 Å². The number of benzene rings is 2. The number of hydrogen-bond acceptors (Lipinski definition) is 3. The number of rotatable bonds is 5. The highest BCUT2D eigenvalue weighted by molar-refractivity contribution is 5.92. The van der Waals surface area contributed by atoms with E-state index in [1.807, 2.05) is 6.07 Å². The molecule has 0 fully saturated rings. The maximum Gasteiger partial charge on any atom is 0.258 e. The first-order chi connectivity index (χ1) is 11.5. The molecule has 5 nitrogen and oxygen atoms in total. The molecule has 0 unspecified atom stereocenters. The van der Waals surface area contributed by atoms with Crippen LogP contribution in [0.25, 0.3) is 0 Å². The van der Waals surface area contributed by atoms with E-state index in [2.05, 4.69) is 5.32 Å². The molecule has 3 N–H and O–H groups in total. The Morgan fingerprint density at radius 2 is 1.96 bits per heavy atom. The summed E-state index contributed by atoms with van der Waals surface area (Å²) < 4.78 is 19.1. The molecule has 0 spiro atoms. The van der Waals surface area contributed by atoms with Crippen molar-refractivity contribution in [2.45, 2.75) is 18.9 Å². The molecule has 1 atom stereocenters. The minimum Gasteiger partial charge on any atom is -0.484 e. The summed E-state index contributed by atoms with van der Waals surface area (Å²) in [5, 5.41) is 2.86. The third kappa shape index (κ3) is 3.37. The van der Waals surface area contributed by atoms with Crippen LogP contribution in [0.2, 0.25) is 0 Å². The van der Waals surface area contributed by atoms with Crippen LogP contribution in [0.4, 0.5) is 4.39 Å². The average molecular weight is 328 g/mol. The summed E-state index contributed by atoms with van der Waals surface area (Å²) in [4.78, 5) is 23.0. The Bertz CT molecular complexity index is 774. The monoisotopic (exact) mass is 328 g/mol. The fourth-order valence-electron chi connectivity index (χ4n) is 2.86. The van der Waals surface area contributed by atoms with Crippen molar-refractivity contribution < 1.29 is 18.7 Å². The lowest BCUT2D eigenvalue weighted by molar-refractivity contribution is -0.123. The van der Waals surface area contributed by atoms with Gasteiger partial charge in [-0.2, -0.15) is 0 Å². The minimum atomic E-state index is -0.522. The second kappa shape index (κ2) is 6.70. The van der Waals surface area contributed by atoms with E-state index in [4.69, 9.17) is 10.5 Å². The van der Waals surface area contributed by atoms with Crippen molar-refractivity contribution >= 4 is 11.8 Å². The fraction of sp³-hybridized carbons (Fsp3) is 0.222. The molecule has 0 heterocycles. The number of nitrogens with two attached hydrogens (primary N) is 1. The van der Waals surface area contributed by atoms with Crippen molar-refractivity contribution in [3.8, 4) is 5.75 Å². The molecule has 6 heteroatoms. The van der Waals surface area contributed by atoms with Gasteiger partial charge in [0.2, 0.25) is 5.91 Å². The first-order valence-corrected chi connectivity index (χ1v) is 7.64. The number of amides is 2. The number of carbonyl (C=O) groups is 2. The van der Waals surface area contributed by atoms with Gasteiger partial charge in [0.15, 0.2) is 6.61 Å². The Morgan fingerprint density at radius 3 is 2.67 bits per heavy atom. The van der Waals surface area contributed by atoms with Crippen molar-refractivity contribution in [1.82, 2.24) is 5.32 Å². The zero-order valence-electron chi connectivity index (χ0n) is 12.9. The zero-order valence-corrected chi connectivity index (χ0v) is 12.9. The number of ether oxygens (including phenoxy) is 1. The highest BCUT2D eigenvalue weighted by atomic mass is 19.1. The molecule has 0 aliphatic heterocycles. The van der Waals surface area contributed by atoms with E-state index < -0.39 is 5.91 Å². The van der Waals surface area contributed by atoms with E-state index in [0.717, 1.165) is 5.56 Å². The summed E-state index contributed by atoms with van der Waals surface area (Å²) in [6.07, 6.45) is 1.29. The van der Waals surface area contributed by atoms with Crippen LogP contribution in [0.15, 0.2) is 42.5 Å². The molecule has 0 saturated heterocycles. The topological polar surface area (TPSA) is 81.4 Å². The highest BCUT2D eigenvalue weighted by Crippen LogP contribution is 2.32. The Labute approximate surface area is 138 Å². The van der Waals surface area contributed by atoms with Gasteiger partial charge >= 0.3 is 0 Å². The molecule has 2 amide bonds. The molecule has 24 heavy (non-hydrogen) atoms. The van der Waals surface area contributed by atoms with E-state index in [1.165, 1.54) is 18.2 Å². The highest BCUT2D eigenvalue weighted by Gasteiger charge is 2.26. The lowest BCUT2D eigenvalue weighted by Crippen LogP contribution is -2.31. The fourth-order valence-corrected chi connectivity index (χ4v) is 2.86. The van der Waals surface area contributed by atoms with Crippen molar-refractivity contribution in [2.75, 3.05) is 6.61 Å². The van der Waals surface area contributed by atoms with Crippen LogP contribution in [0, 0.1) is 5.82 Å². The van der Waals surface area contributed by atoms with Crippen LogP contribution in [0.3, 0.4) is 0 Å². The molecule has 2 aromatic carbocycles. The summed E-state index contributed by atoms with van der Waals surface area (Å²) in [6, 6.07) is 10.9. The quantitative estimate of drug-likeness (QED) is 0.882. The van der Waals surface area contributed by atoms with Crippen LogP contribution in [-0.4, -0.2) is 18.4 Å². The zero-order chi connectivity index (χ0) is 17.1. The molecule has 0 radical (unpaired) electrons. The second-order valence-corrected chi connectivity index (χ2v) is 5.64. The molecule has 0 aromatic heterocycles. The summed E-state index contributed by atoms with van der Waals surface area (Å²) >= 11 is 0. The van der Waals surface area contributed by atoms with E-state index in [1.54, 1.807) is 18.2 Å². The number of halogens is 1. The maximum absolute atomic E-state index is 13.7. The van der Waals surface area contributed by atoms with E-state index in [-0.39, 0.29) is 24.4 Å². The Hall–Kier alpha value is -2.89. The molecule has 0 saturated carbocycles. The van der Waals surface area contributed by atoms with Gasteiger partial charge in [0.1, 0.15) is 11.6 Å². The van der Waals surface area contributed by atoms with Gasteiger partial charge in [-0.1, -0.05) is 12.1 Å². The van der Waals surface area contributed by atoms with Crippen LogP contribution >= 0.6 is 0 Å². The number of nitrogens with one attached hydrogen (secondary N) is 1. The van der Waals surface area contributed by atoms with E-state index in [9.17, 15) is 14.0 Å². The predicted octanol–water partition coefficient (Wildman–Crippen LogP) is 2.11. The first-order valence-electron chi connectivity index (χ1n) is 7.64. The van der Waals surface area contributed by atoms with Crippen molar-refractivity contribution in [3.05, 3.63) is 65.0 Å². The summed E-state index contributed by atoms with van der Waals surface area (Å²) in [5.41, 5.74) is 7.03. The number of primary amides is 1. The smallest absolute Gasteiger partial charge is 0.258 e. The lowest BCUT2D eigenvalue weighted by atomic mass is 10.1. The Kier molecular flexibility index (Phi) is 4.46. The SMILES string of the molecule is NC(=O)c1ccc(OCC(=O)N[C@H]2CCc3c(F)cccc32)cc1. The summed E-state index contributed by atoms with van der Waals surface area (Å²) in [5.74, 6) is -0.564. The van der Waals surface area contributed by atoms with Gasteiger partial charge in [-0.25, -0.2) is 4.39 Å². The van der Waals surface area contributed by atoms with Crippen LogP contribution in [0.5, 0.6) is 5.75 Å². The molecule has 2 aromatic rings. The molecule has 1 aliphatic carbocycles. The third-order valence-electron chi connectivity index (χ3n) is 4.06. The third-order valence-corrected chi connectivity index (χ3v) is 4.06. The molecule has 3 rings (SSSR count). The van der Waals surface area contributed by atoms with Gasteiger partial charge in [0.25, 0.3) is 5.91 Å². The molecular weight excluding hydrogens is 311 g/mol. The number of fused-ring (bicyclic) bond motifs is 1. The Balaban J connectivity index is 1.56. The van der Waals surface area contributed by atoms with Crippen molar-refractivity contribution in [3.63, 3.8) is 0 Å². The number of carbonyl (C=O) groups excluding carboxylic acids is 2. The van der Waals surface area contributed by atoms with Gasteiger partial charge in [-0.05, 0) is 54.3 Å². The first kappa shape index (κ1) is 16.0. The van der Waals surface area contributed by atoms with E-state index in [0.29, 0.717) is 29.7 Å². The predicted molar refractivity (Wildman–Crippen MR) is 86.1 cm³/mol. The van der Waals surface area contributed by atoms with Crippen molar-refractivity contribution in [1.29, 1.82) is 0 Å². The average Bonchev–Trinajstić information content (AvgIpc) is 2.98. The second-order valence-electron chi connectivity index (χ2n) is 5.64. The van der Waals surface area contributed by atoms with Gasteiger partial charge < -0.3 is 15.8 Å². The van der Waals surface area contributed by atoms with Crippen molar-refractivity contribution in [2.24, 2.45) is 5.73 Å². The summed E-state index contributed by atoms with van der Waals surface area (Å²) in [6.45, 7) is -0.156. The normalized spacial score (nSPS) is 15.6. The summed E-state index contributed by atoms with van der Waals surface area (Å²) in [7, 11) is 0. The Morgan fingerprint density at radius 1 is 1.21 bits per heavy atom. The van der Waals surface area contributed by atoms with Crippen LogP contribution in [-0.2, 0) is 11.2 Å². The minimum absolute atomic E-state index is 0.156.